The average Bonchev–Trinajstić information content (AvgIpc) is 2.46. The van der Waals surface area contributed by atoms with Crippen LogP contribution in [-0.4, -0.2) is 0 Å². The Labute approximate surface area is 113 Å². The lowest BCUT2D eigenvalue weighted by Crippen LogP contribution is -2.10. The van der Waals surface area contributed by atoms with Gasteiger partial charge in [0.05, 0.1) is 11.4 Å². The van der Waals surface area contributed by atoms with Gasteiger partial charge in [0.25, 0.3) is 0 Å². The van der Waals surface area contributed by atoms with Crippen molar-refractivity contribution in [3.05, 3.63) is 59.0 Å². The number of anilines is 2. The molecule has 19 heavy (non-hydrogen) atoms. The minimum Gasteiger partial charge on any atom is -0.422 e. The molecule has 0 atom stereocenters. The van der Waals surface area contributed by atoms with Crippen molar-refractivity contribution in [2.75, 3.05) is 5.32 Å². The Bertz CT molecular complexity index is 854. The van der Waals surface area contributed by atoms with Gasteiger partial charge in [0.2, 0.25) is 0 Å². The summed E-state index contributed by atoms with van der Waals surface area (Å²) in [4.78, 5) is 13.7. The summed E-state index contributed by atoms with van der Waals surface area (Å²) in [6.07, 6.45) is 0. The monoisotopic (exact) mass is 267 g/mol. The van der Waals surface area contributed by atoms with Crippen LogP contribution in [0.5, 0.6) is 0 Å². The zero-order chi connectivity index (χ0) is 12.8. The fourth-order valence-electron chi connectivity index (χ4n) is 2.25. The topological polar surface area (TPSA) is 42.2 Å². The lowest BCUT2D eigenvalue weighted by Gasteiger charge is -2.20. The second kappa shape index (κ2) is 3.90. The molecule has 1 aliphatic rings. The standard InChI is InChI=1S/C15H9NO2S/c17-15-14-13(9-5-1-3-7-11(9)18-15)16-10-6-2-4-8-12(10)19-14/h1-8,16H. The van der Waals surface area contributed by atoms with Crippen molar-refractivity contribution in [3.8, 4) is 0 Å². The van der Waals surface area contributed by atoms with Gasteiger partial charge in [-0.05, 0) is 24.3 Å². The van der Waals surface area contributed by atoms with Crippen LogP contribution >= 0.6 is 11.8 Å². The molecule has 2 heterocycles. The molecular formula is C15H9NO2S. The van der Waals surface area contributed by atoms with Gasteiger partial charge >= 0.3 is 5.63 Å². The minimum absolute atomic E-state index is 0.291. The summed E-state index contributed by atoms with van der Waals surface area (Å²) >= 11 is 1.46. The molecule has 4 heteroatoms. The first-order valence-corrected chi connectivity index (χ1v) is 6.74. The van der Waals surface area contributed by atoms with Crippen molar-refractivity contribution in [3.63, 3.8) is 0 Å². The number of benzene rings is 2. The maximum absolute atomic E-state index is 12.1. The molecule has 0 aliphatic carbocycles. The van der Waals surface area contributed by atoms with Gasteiger partial charge in [0.15, 0.2) is 0 Å². The van der Waals surface area contributed by atoms with Gasteiger partial charge < -0.3 is 9.73 Å². The van der Waals surface area contributed by atoms with Crippen LogP contribution in [-0.2, 0) is 0 Å². The highest BCUT2D eigenvalue weighted by atomic mass is 32.2. The number of para-hydroxylation sites is 2. The average molecular weight is 267 g/mol. The van der Waals surface area contributed by atoms with Crippen molar-refractivity contribution >= 4 is 34.1 Å². The summed E-state index contributed by atoms with van der Waals surface area (Å²) in [5.74, 6) is 0. The molecule has 0 fully saturated rings. The second-order valence-electron chi connectivity index (χ2n) is 4.31. The predicted octanol–water partition coefficient (Wildman–Crippen LogP) is 4.00. The first-order valence-electron chi connectivity index (χ1n) is 5.93. The van der Waals surface area contributed by atoms with E-state index in [2.05, 4.69) is 5.32 Å². The van der Waals surface area contributed by atoms with Gasteiger partial charge in [0.1, 0.15) is 10.5 Å². The minimum atomic E-state index is -0.291. The molecule has 0 amide bonds. The molecular weight excluding hydrogens is 258 g/mol. The van der Waals surface area contributed by atoms with Crippen molar-refractivity contribution in [1.29, 1.82) is 0 Å². The molecule has 1 aromatic heterocycles. The van der Waals surface area contributed by atoms with Gasteiger partial charge in [-0.25, -0.2) is 4.79 Å². The van der Waals surface area contributed by atoms with Gasteiger partial charge in [-0.1, -0.05) is 36.0 Å². The van der Waals surface area contributed by atoms with E-state index in [-0.39, 0.29) is 5.63 Å². The molecule has 92 valence electrons. The van der Waals surface area contributed by atoms with Crippen LogP contribution in [0.2, 0.25) is 0 Å². The first-order chi connectivity index (χ1) is 9.33. The third-order valence-corrected chi connectivity index (χ3v) is 4.28. The highest BCUT2D eigenvalue weighted by Crippen LogP contribution is 2.44. The molecule has 3 aromatic rings. The Morgan fingerprint density at radius 3 is 2.74 bits per heavy atom. The molecule has 0 radical (unpaired) electrons. The van der Waals surface area contributed by atoms with Crippen LogP contribution in [0.4, 0.5) is 11.4 Å². The van der Waals surface area contributed by atoms with E-state index in [0.29, 0.717) is 10.5 Å². The van der Waals surface area contributed by atoms with E-state index in [4.69, 9.17) is 4.42 Å². The SMILES string of the molecule is O=c1oc2ccccc2c2c1Sc1ccccc1N2. The van der Waals surface area contributed by atoms with E-state index in [1.165, 1.54) is 11.8 Å². The van der Waals surface area contributed by atoms with E-state index >= 15 is 0 Å². The summed E-state index contributed by atoms with van der Waals surface area (Å²) < 4.78 is 5.36. The number of nitrogens with one attached hydrogen (secondary N) is 1. The zero-order valence-corrected chi connectivity index (χ0v) is 10.7. The van der Waals surface area contributed by atoms with Crippen LogP contribution < -0.4 is 10.9 Å². The van der Waals surface area contributed by atoms with Crippen molar-refractivity contribution in [1.82, 2.24) is 0 Å². The third-order valence-electron chi connectivity index (χ3n) is 3.13. The van der Waals surface area contributed by atoms with Gasteiger partial charge in [-0.3, -0.25) is 0 Å². The molecule has 1 aliphatic heterocycles. The predicted molar refractivity (Wildman–Crippen MR) is 76.3 cm³/mol. The van der Waals surface area contributed by atoms with Crippen molar-refractivity contribution < 1.29 is 4.42 Å². The molecule has 0 bridgehead atoms. The fraction of sp³-hybridized carbons (Fsp3) is 0. The quantitative estimate of drug-likeness (QED) is 0.489. The number of fused-ring (bicyclic) bond motifs is 4. The largest absolute Gasteiger partial charge is 0.422 e. The Morgan fingerprint density at radius 1 is 1.00 bits per heavy atom. The molecule has 0 saturated carbocycles. The number of hydrogen-bond acceptors (Lipinski definition) is 4. The lowest BCUT2D eigenvalue weighted by atomic mass is 10.2. The third kappa shape index (κ3) is 1.57. The molecule has 0 unspecified atom stereocenters. The van der Waals surface area contributed by atoms with E-state index < -0.39 is 0 Å². The highest BCUT2D eigenvalue weighted by Gasteiger charge is 2.21. The van der Waals surface area contributed by atoms with Crippen LogP contribution in [0.3, 0.4) is 0 Å². The van der Waals surface area contributed by atoms with Crippen molar-refractivity contribution in [2.24, 2.45) is 0 Å². The summed E-state index contributed by atoms with van der Waals surface area (Å²) in [5.41, 5.74) is 2.19. The van der Waals surface area contributed by atoms with Crippen LogP contribution in [0.1, 0.15) is 0 Å². The summed E-state index contributed by atoms with van der Waals surface area (Å²) in [7, 11) is 0. The normalized spacial score (nSPS) is 12.6. The Balaban J connectivity index is 2.05. The highest BCUT2D eigenvalue weighted by molar-refractivity contribution is 7.99. The first kappa shape index (κ1) is 10.7. The van der Waals surface area contributed by atoms with Gasteiger partial charge in [-0.15, -0.1) is 0 Å². The maximum atomic E-state index is 12.1. The van der Waals surface area contributed by atoms with E-state index in [1.807, 2.05) is 48.5 Å². The Kier molecular flexibility index (Phi) is 2.19. The van der Waals surface area contributed by atoms with E-state index in [0.717, 1.165) is 21.7 Å². The Hall–Kier alpha value is -2.20. The fourth-order valence-corrected chi connectivity index (χ4v) is 3.24. The number of rotatable bonds is 0. The molecule has 4 rings (SSSR count). The zero-order valence-electron chi connectivity index (χ0n) is 9.84. The van der Waals surface area contributed by atoms with E-state index in [1.54, 1.807) is 0 Å². The smallest absolute Gasteiger partial charge is 0.352 e. The molecule has 3 nitrogen and oxygen atoms in total. The second-order valence-corrected chi connectivity index (χ2v) is 5.37. The van der Waals surface area contributed by atoms with Gasteiger partial charge in [0, 0.05) is 10.3 Å². The van der Waals surface area contributed by atoms with Crippen LogP contribution in [0.15, 0.2) is 67.5 Å². The van der Waals surface area contributed by atoms with Gasteiger partial charge in [-0.2, -0.15) is 0 Å². The van der Waals surface area contributed by atoms with Crippen molar-refractivity contribution in [2.45, 2.75) is 9.79 Å². The molecule has 2 aromatic carbocycles. The molecule has 0 saturated heterocycles. The molecule has 1 N–H and O–H groups in total. The molecule has 0 spiro atoms. The summed E-state index contributed by atoms with van der Waals surface area (Å²) in [6, 6.07) is 15.5. The number of hydrogen-bond donors (Lipinski definition) is 1. The van der Waals surface area contributed by atoms with E-state index in [9.17, 15) is 4.79 Å². The summed E-state index contributed by atoms with van der Waals surface area (Å²) in [6.45, 7) is 0. The maximum Gasteiger partial charge on any atom is 0.352 e. The lowest BCUT2D eigenvalue weighted by molar-refractivity contribution is 0.544. The van der Waals surface area contributed by atoms with Crippen LogP contribution in [0.25, 0.3) is 11.0 Å². The Morgan fingerprint density at radius 2 is 1.79 bits per heavy atom. The summed E-state index contributed by atoms with van der Waals surface area (Å²) in [5, 5.41) is 4.27. The van der Waals surface area contributed by atoms with Crippen LogP contribution in [0, 0.1) is 0 Å².